The minimum Gasteiger partial charge on any atom is -0.495 e. The number of halogens is 1. The number of hydrogen-bond acceptors (Lipinski definition) is 6. The number of methoxy groups -OCH3 is 2. The number of ether oxygens (including phenoxy) is 2. The molecule has 1 aliphatic heterocycles. The summed E-state index contributed by atoms with van der Waals surface area (Å²) in [6.45, 7) is 0.124. The van der Waals surface area contributed by atoms with Gasteiger partial charge in [0.05, 0.1) is 31.4 Å². The van der Waals surface area contributed by atoms with E-state index in [1.54, 1.807) is 18.2 Å². The van der Waals surface area contributed by atoms with E-state index in [9.17, 15) is 22.4 Å². The highest BCUT2D eigenvalue weighted by Gasteiger charge is 2.35. The number of rotatable bonds is 6. The van der Waals surface area contributed by atoms with E-state index in [-0.39, 0.29) is 35.0 Å². The van der Waals surface area contributed by atoms with Crippen molar-refractivity contribution in [3.63, 3.8) is 0 Å². The number of nitrogens with one attached hydrogen (secondary N) is 1. The van der Waals surface area contributed by atoms with Crippen molar-refractivity contribution < 1.29 is 31.9 Å². The summed E-state index contributed by atoms with van der Waals surface area (Å²) >= 11 is 0. The molecule has 2 aromatic rings. The number of nitrogens with zero attached hydrogens (tertiary/aromatic N) is 1. The van der Waals surface area contributed by atoms with Gasteiger partial charge in [0.2, 0.25) is 15.9 Å². The van der Waals surface area contributed by atoms with E-state index in [0.29, 0.717) is 12.8 Å². The van der Waals surface area contributed by atoms with Gasteiger partial charge in [0, 0.05) is 13.1 Å². The number of anilines is 1. The molecule has 0 aromatic heterocycles. The number of sulfonamides is 1. The van der Waals surface area contributed by atoms with E-state index in [1.807, 2.05) is 0 Å². The van der Waals surface area contributed by atoms with Gasteiger partial charge in [0.25, 0.3) is 0 Å². The predicted octanol–water partition coefficient (Wildman–Crippen LogP) is 2.66. The van der Waals surface area contributed by atoms with Crippen LogP contribution in [0.2, 0.25) is 0 Å². The monoisotopic (exact) mass is 450 g/mol. The Morgan fingerprint density at radius 2 is 1.90 bits per heavy atom. The zero-order valence-electron chi connectivity index (χ0n) is 17.1. The Bertz CT molecular complexity index is 1090. The highest BCUT2D eigenvalue weighted by Crippen LogP contribution is 2.31. The van der Waals surface area contributed by atoms with Crippen LogP contribution in [0.25, 0.3) is 0 Å². The third kappa shape index (κ3) is 4.86. The van der Waals surface area contributed by atoms with Gasteiger partial charge in [0.1, 0.15) is 16.5 Å². The van der Waals surface area contributed by atoms with Crippen LogP contribution in [0.5, 0.6) is 5.75 Å². The number of carbonyl (C=O) groups excluding carboxylic acids is 2. The SMILES string of the molecule is COC(=O)c1ccccc1NC(=O)C1CCCN(S(=O)(=O)c2cc(F)ccc2OC)C1. The highest BCUT2D eigenvalue weighted by atomic mass is 32.2. The molecular weight excluding hydrogens is 427 g/mol. The van der Waals surface area contributed by atoms with Crippen LogP contribution in [0.1, 0.15) is 23.2 Å². The summed E-state index contributed by atoms with van der Waals surface area (Å²) < 4.78 is 50.9. The van der Waals surface area contributed by atoms with E-state index in [4.69, 9.17) is 9.47 Å². The minimum absolute atomic E-state index is 0.0278. The number of esters is 1. The van der Waals surface area contributed by atoms with Crippen LogP contribution in [0.3, 0.4) is 0 Å². The van der Waals surface area contributed by atoms with Gasteiger partial charge in [0.15, 0.2) is 0 Å². The number of amides is 1. The van der Waals surface area contributed by atoms with Gasteiger partial charge in [-0.2, -0.15) is 4.31 Å². The first kappa shape index (κ1) is 22.7. The van der Waals surface area contributed by atoms with Gasteiger partial charge in [-0.15, -0.1) is 0 Å². The molecule has 0 aliphatic carbocycles. The number of piperidine rings is 1. The second-order valence-electron chi connectivity index (χ2n) is 7.02. The second-order valence-corrected chi connectivity index (χ2v) is 8.93. The van der Waals surface area contributed by atoms with Crippen LogP contribution in [-0.2, 0) is 19.6 Å². The van der Waals surface area contributed by atoms with E-state index < -0.39 is 33.6 Å². The number of para-hydroxylation sites is 1. The zero-order valence-corrected chi connectivity index (χ0v) is 17.9. The Hall–Kier alpha value is -2.98. The first-order chi connectivity index (χ1) is 14.8. The van der Waals surface area contributed by atoms with Gasteiger partial charge in [-0.1, -0.05) is 12.1 Å². The summed E-state index contributed by atoms with van der Waals surface area (Å²) in [7, 11) is -1.53. The van der Waals surface area contributed by atoms with Crippen LogP contribution in [0.4, 0.5) is 10.1 Å². The van der Waals surface area contributed by atoms with E-state index in [1.165, 1.54) is 26.4 Å². The normalized spacial score (nSPS) is 17.1. The molecule has 1 aliphatic rings. The Morgan fingerprint density at radius 3 is 2.61 bits per heavy atom. The summed E-state index contributed by atoms with van der Waals surface area (Å²) in [5.74, 6) is -2.33. The van der Waals surface area contributed by atoms with Crippen molar-refractivity contribution in [2.45, 2.75) is 17.7 Å². The molecule has 1 fully saturated rings. The maximum atomic E-state index is 13.7. The van der Waals surface area contributed by atoms with Crippen LogP contribution in [0, 0.1) is 11.7 Å². The Labute approximate surface area is 180 Å². The van der Waals surface area contributed by atoms with Crippen LogP contribution >= 0.6 is 0 Å². The molecular formula is C21H23FN2O6S. The van der Waals surface area contributed by atoms with Crippen molar-refractivity contribution in [3.05, 3.63) is 53.8 Å². The Balaban J connectivity index is 1.80. The van der Waals surface area contributed by atoms with Crippen molar-refractivity contribution in [3.8, 4) is 5.75 Å². The van der Waals surface area contributed by atoms with Crippen LogP contribution in [0.15, 0.2) is 47.4 Å². The van der Waals surface area contributed by atoms with Crippen molar-refractivity contribution in [1.29, 1.82) is 0 Å². The lowest BCUT2D eigenvalue weighted by atomic mass is 9.98. The average molecular weight is 450 g/mol. The molecule has 0 bridgehead atoms. The third-order valence-electron chi connectivity index (χ3n) is 5.09. The number of carbonyl (C=O) groups is 2. The molecule has 2 aromatic carbocycles. The fourth-order valence-corrected chi connectivity index (χ4v) is 5.17. The first-order valence-corrected chi connectivity index (χ1v) is 11.0. The van der Waals surface area contributed by atoms with Gasteiger partial charge >= 0.3 is 5.97 Å². The van der Waals surface area contributed by atoms with Crippen molar-refractivity contribution in [2.75, 3.05) is 32.6 Å². The van der Waals surface area contributed by atoms with Gasteiger partial charge in [-0.05, 0) is 43.2 Å². The Morgan fingerprint density at radius 1 is 1.16 bits per heavy atom. The smallest absolute Gasteiger partial charge is 0.339 e. The molecule has 8 nitrogen and oxygen atoms in total. The van der Waals surface area contributed by atoms with Crippen LogP contribution < -0.4 is 10.1 Å². The van der Waals surface area contributed by atoms with E-state index >= 15 is 0 Å². The summed E-state index contributed by atoms with van der Waals surface area (Å²) in [6.07, 6.45) is 0.923. The molecule has 1 amide bonds. The van der Waals surface area contributed by atoms with Crippen LogP contribution in [-0.4, -0.2) is 51.9 Å². The second kappa shape index (κ2) is 9.44. The lowest BCUT2D eigenvalue weighted by Crippen LogP contribution is -2.43. The molecule has 3 rings (SSSR count). The molecule has 0 spiro atoms. The van der Waals surface area contributed by atoms with Crippen molar-refractivity contribution in [2.24, 2.45) is 5.92 Å². The summed E-state index contributed by atoms with van der Waals surface area (Å²) in [5, 5.41) is 2.69. The molecule has 1 unspecified atom stereocenters. The van der Waals surface area contributed by atoms with E-state index in [0.717, 1.165) is 16.4 Å². The molecule has 0 saturated carbocycles. The summed E-state index contributed by atoms with van der Waals surface area (Å²) in [6, 6.07) is 9.67. The molecule has 1 saturated heterocycles. The molecule has 31 heavy (non-hydrogen) atoms. The standard InChI is InChI=1S/C21H23FN2O6S/c1-29-18-10-9-15(22)12-19(18)31(27,28)24-11-5-6-14(13-24)20(25)23-17-8-4-3-7-16(17)21(26)30-2/h3-4,7-10,12,14H,5-6,11,13H2,1-2H3,(H,23,25). The van der Waals surface area contributed by atoms with Gasteiger partial charge < -0.3 is 14.8 Å². The molecule has 0 radical (unpaired) electrons. The summed E-state index contributed by atoms with van der Waals surface area (Å²) in [5.41, 5.74) is 0.481. The molecule has 1 heterocycles. The highest BCUT2D eigenvalue weighted by molar-refractivity contribution is 7.89. The fraction of sp³-hybridized carbons (Fsp3) is 0.333. The maximum absolute atomic E-state index is 13.7. The molecule has 1 N–H and O–H groups in total. The third-order valence-corrected chi connectivity index (χ3v) is 6.97. The zero-order chi connectivity index (χ0) is 22.6. The van der Waals surface area contributed by atoms with Gasteiger partial charge in [-0.25, -0.2) is 17.6 Å². The van der Waals surface area contributed by atoms with Gasteiger partial charge in [-0.3, -0.25) is 4.79 Å². The topological polar surface area (TPSA) is 102 Å². The quantitative estimate of drug-likeness (QED) is 0.679. The van der Waals surface area contributed by atoms with Crippen molar-refractivity contribution in [1.82, 2.24) is 4.31 Å². The first-order valence-electron chi connectivity index (χ1n) is 9.60. The molecule has 1 atom stereocenters. The summed E-state index contributed by atoms with van der Waals surface area (Å²) in [4.78, 5) is 24.5. The van der Waals surface area contributed by atoms with E-state index in [2.05, 4.69) is 5.32 Å². The lowest BCUT2D eigenvalue weighted by molar-refractivity contribution is -0.120. The maximum Gasteiger partial charge on any atom is 0.339 e. The predicted molar refractivity (Wildman–Crippen MR) is 111 cm³/mol. The molecule has 166 valence electrons. The average Bonchev–Trinajstić information content (AvgIpc) is 2.79. The largest absolute Gasteiger partial charge is 0.495 e. The molecule has 10 heteroatoms. The van der Waals surface area contributed by atoms with Crippen molar-refractivity contribution >= 4 is 27.6 Å². The fourth-order valence-electron chi connectivity index (χ4n) is 3.48. The Kier molecular flexibility index (Phi) is 6.91. The number of hydrogen-bond donors (Lipinski definition) is 1. The minimum atomic E-state index is -4.08. The lowest BCUT2D eigenvalue weighted by Gasteiger charge is -2.31. The number of benzene rings is 2.